The van der Waals surface area contributed by atoms with Crippen molar-refractivity contribution in [2.24, 2.45) is 27.1 Å². The molecule has 6 rings (SSSR count). The molecule has 55 heavy (non-hydrogen) atoms. The van der Waals surface area contributed by atoms with Crippen LogP contribution in [0.2, 0.25) is 0 Å². The molecule has 0 N–H and O–H groups in total. The van der Waals surface area contributed by atoms with E-state index in [9.17, 15) is 0 Å². The molecule has 0 aromatic heterocycles. The lowest BCUT2D eigenvalue weighted by Gasteiger charge is -2.52. The van der Waals surface area contributed by atoms with E-state index in [-0.39, 0.29) is 16.2 Å². The van der Waals surface area contributed by atoms with Gasteiger partial charge in [0.2, 0.25) is 0 Å². The minimum atomic E-state index is -0.120. The largest absolute Gasteiger partial charge is 0.115 e. The number of allylic oxidation sites excluding steroid dienone is 11. The van der Waals surface area contributed by atoms with Gasteiger partial charge in [-0.15, -0.1) is 6.42 Å². The molecule has 2 aromatic carbocycles. The molecule has 0 saturated heterocycles. The molecule has 0 heterocycles. The van der Waals surface area contributed by atoms with Crippen LogP contribution in [0.1, 0.15) is 160 Å². The van der Waals surface area contributed by atoms with Crippen LogP contribution in [0, 0.1) is 39.4 Å². The topological polar surface area (TPSA) is 0 Å². The summed E-state index contributed by atoms with van der Waals surface area (Å²) in [4.78, 5) is 0. The summed E-state index contributed by atoms with van der Waals surface area (Å²) in [6, 6.07) is 21.4. The predicted octanol–water partition coefficient (Wildman–Crippen LogP) is 16.8. The number of benzene rings is 2. The molecule has 0 nitrogen and oxygen atoms in total. The Balaban J connectivity index is 0.000000395. The van der Waals surface area contributed by atoms with Gasteiger partial charge in [0.1, 0.15) is 0 Å². The average molecular weight is 743 g/mol. The number of terminal acetylenes is 1. The molecule has 2 unspecified atom stereocenters. The summed E-state index contributed by atoms with van der Waals surface area (Å²) in [5.41, 5.74) is 5.94. The summed E-state index contributed by atoms with van der Waals surface area (Å²) < 4.78 is 0. The van der Waals surface area contributed by atoms with Crippen LogP contribution >= 0.6 is 0 Å². The molecule has 1 fully saturated rings. The van der Waals surface area contributed by atoms with Crippen LogP contribution in [-0.4, -0.2) is 0 Å². The Kier molecular flexibility index (Phi) is 19.5. The van der Waals surface area contributed by atoms with Gasteiger partial charge in [-0.05, 0) is 75.5 Å². The molecule has 2 aromatic rings. The third-order valence-corrected chi connectivity index (χ3v) is 12.3. The van der Waals surface area contributed by atoms with Crippen molar-refractivity contribution in [3.63, 3.8) is 0 Å². The summed E-state index contributed by atoms with van der Waals surface area (Å²) in [6.45, 7) is 37.2. The van der Waals surface area contributed by atoms with E-state index in [0.717, 1.165) is 6.42 Å². The maximum absolute atomic E-state index is 5.29. The lowest BCUT2D eigenvalue weighted by molar-refractivity contribution is -0.0118. The van der Waals surface area contributed by atoms with Crippen molar-refractivity contribution in [3.8, 4) is 12.3 Å². The maximum Gasteiger partial charge on any atom is 0.0389 e. The zero-order chi connectivity index (χ0) is 42.0. The lowest BCUT2D eigenvalue weighted by Crippen LogP contribution is -2.44. The van der Waals surface area contributed by atoms with Gasteiger partial charge in [0.05, 0.1) is 0 Å². The fourth-order valence-corrected chi connectivity index (χ4v) is 9.61. The Morgan fingerprint density at radius 1 is 0.582 bits per heavy atom. The van der Waals surface area contributed by atoms with E-state index in [4.69, 9.17) is 6.42 Å². The third kappa shape index (κ3) is 12.2. The Bertz CT molecular complexity index is 1580. The van der Waals surface area contributed by atoms with Crippen LogP contribution < -0.4 is 0 Å². The van der Waals surface area contributed by atoms with E-state index in [1.165, 1.54) is 55.2 Å². The predicted molar refractivity (Wildman–Crippen MR) is 250 cm³/mol. The zero-order valence-electron chi connectivity index (χ0n) is 38.3. The SMILES string of the molecule is C#C/C=C\C=C(/C=C)C1(c2ccccc2)C=CC(C)(C)C1.CC.CC.CC.CC1(C)C=CC(C)(C)C12CCCCC2.CC1(C)C=CC(C)(c2ccccc2)C1. The van der Waals surface area contributed by atoms with Crippen molar-refractivity contribution >= 4 is 0 Å². The van der Waals surface area contributed by atoms with Gasteiger partial charge in [-0.25, -0.2) is 0 Å². The molecule has 0 radical (unpaired) electrons. The van der Waals surface area contributed by atoms with Crippen molar-refractivity contribution in [3.05, 3.63) is 145 Å². The van der Waals surface area contributed by atoms with Crippen LogP contribution in [0.15, 0.2) is 134 Å². The van der Waals surface area contributed by atoms with Crippen molar-refractivity contribution in [2.45, 2.75) is 160 Å². The van der Waals surface area contributed by atoms with E-state index in [2.05, 4.69) is 178 Å². The normalized spacial score (nSPS) is 25.2. The van der Waals surface area contributed by atoms with Crippen molar-refractivity contribution in [1.82, 2.24) is 0 Å². The number of hydrogen-bond donors (Lipinski definition) is 0. The average Bonchev–Trinajstić information content (AvgIpc) is 3.75. The monoisotopic (exact) mass is 743 g/mol. The molecule has 4 aliphatic carbocycles. The quantitative estimate of drug-likeness (QED) is 0.163. The highest BCUT2D eigenvalue weighted by molar-refractivity contribution is 5.51. The molecular weight excluding hydrogens is 661 g/mol. The molecule has 0 heteroatoms. The van der Waals surface area contributed by atoms with Crippen LogP contribution in [0.4, 0.5) is 0 Å². The first kappa shape index (κ1) is 49.5. The molecule has 4 aliphatic rings. The molecule has 0 amide bonds. The highest BCUT2D eigenvalue weighted by Gasteiger charge is 2.55. The van der Waals surface area contributed by atoms with Gasteiger partial charge in [0, 0.05) is 10.8 Å². The maximum atomic E-state index is 5.29. The second-order valence-electron chi connectivity index (χ2n) is 17.9. The van der Waals surface area contributed by atoms with Gasteiger partial charge in [-0.3, -0.25) is 0 Å². The van der Waals surface area contributed by atoms with Gasteiger partial charge in [0.15, 0.2) is 0 Å². The number of rotatable bonds is 5. The van der Waals surface area contributed by atoms with Gasteiger partial charge in [-0.1, -0.05) is 251 Å². The van der Waals surface area contributed by atoms with Crippen LogP contribution in [-0.2, 0) is 10.8 Å². The fraction of sp³-hybridized carbons (Fsp3) is 0.527. The van der Waals surface area contributed by atoms with Gasteiger partial charge < -0.3 is 0 Å². The summed E-state index contributed by atoms with van der Waals surface area (Å²) in [5.74, 6) is 2.53. The third-order valence-electron chi connectivity index (χ3n) is 12.3. The Morgan fingerprint density at radius 3 is 1.44 bits per heavy atom. The summed E-state index contributed by atoms with van der Waals surface area (Å²) >= 11 is 0. The Hall–Kier alpha value is -3.56. The molecule has 302 valence electrons. The second kappa shape index (κ2) is 21.7. The first-order valence-electron chi connectivity index (χ1n) is 21.7. The van der Waals surface area contributed by atoms with Gasteiger partial charge in [0.25, 0.3) is 0 Å². The summed E-state index contributed by atoms with van der Waals surface area (Å²) in [6.07, 6.45) is 36.7. The van der Waals surface area contributed by atoms with Crippen LogP contribution in [0.5, 0.6) is 0 Å². The van der Waals surface area contributed by atoms with Crippen LogP contribution in [0.25, 0.3) is 0 Å². The molecule has 0 aliphatic heterocycles. The van der Waals surface area contributed by atoms with Crippen molar-refractivity contribution < 1.29 is 0 Å². The first-order chi connectivity index (χ1) is 26.0. The fourth-order valence-electron chi connectivity index (χ4n) is 9.61. The second-order valence-corrected chi connectivity index (χ2v) is 17.9. The van der Waals surface area contributed by atoms with Crippen molar-refractivity contribution in [2.75, 3.05) is 0 Å². The highest BCUT2D eigenvalue weighted by Crippen LogP contribution is 2.64. The van der Waals surface area contributed by atoms with Crippen molar-refractivity contribution in [1.29, 1.82) is 0 Å². The highest BCUT2D eigenvalue weighted by atomic mass is 14.6. The van der Waals surface area contributed by atoms with Crippen LogP contribution in [0.3, 0.4) is 0 Å². The molecule has 1 spiro atoms. The first-order valence-corrected chi connectivity index (χ1v) is 21.7. The zero-order valence-corrected chi connectivity index (χ0v) is 38.3. The van der Waals surface area contributed by atoms with E-state index in [1.807, 2.05) is 53.7 Å². The summed E-state index contributed by atoms with van der Waals surface area (Å²) in [5, 5.41) is 0. The summed E-state index contributed by atoms with van der Waals surface area (Å²) in [7, 11) is 0. The lowest BCUT2D eigenvalue weighted by atomic mass is 9.52. The van der Waals surface area contributed by atoms with E-state index >= 15 is 0 Å². The van der Waals surface area contributed by atoms with Gasteiger partial charge in [-0.2, -0.15) is 0 Å². The van der Waals surface area contributed by atoms with E-state index in [1.54, 1.807) is 6.08 Å². The smallest absolute Gasteiger partial charge is 0.0389 e. The molecule has 2 atom stereocenters. The minimum Gasteiger partial charge on any atom is -0.115 e. The van der Waals surface area contributed by atoms with Gasteiger partial charge >= 0.3 is 0 Å². The van der Waals surface area contributed by atoms with E-state index < -0.39 is 0 Å². The Labute approximate surface area is 342 Å². The van der Waals surface area contributed by atoms with E-state index in [0.29, 0.717) is 21.7 Å². The standard InChI is InChI=1S/C21H22.C14H24.C14H18.3C2H6/c1-5-7-9-12-18(6-2)21(16-15-20(3,4)17-21)19-13-10-8-11-14-19;1-12(2)10-11-13(3,4)14(12)8-6-5-7-9-14;1-13(2)9-10-14(3,11-13)12-7-5-4-6-8-12;3*1-2/h1,6-16H,2,17H2,3-4H3;10-11H,5-9H2,1-4H3;4-10H,11H2,1-3H3;3*1-2H3/b9-7-,18-12+;;;;;. The number of hydrogen-bond acceptors (Lipinski definition) is 0. The Morgan fingerprint density at radius 2 is 1.04 bits per heavy atom. The minimum absolute atomic E-state index is 0.120. The molecular formula is C55H82. The molecule has 1 saturated carbocycles. The molecule has 0 bridgehead atoms.